The number of hydrogen-bond donors (Lipinski definition) is 2. The topological polar surface area (TPSA) is 49.3 Å². The largest absolute Gasteiger partial charge is 0.478 e. The number of anilines is 1. The fraction of sp³-hybridized carbons (Fsp3) is 0. The zero-order valence-electron chi connectivity index (χ0n) is 6.15. The summed E-state index contributed by atoms with van der Waals surface area (Å²) in [5.41, 5.74) is 2.01. The van der Waals surface area contributed by atoms with E-state index in [0.29, 0.717) is 5.69 Å². The van der Waals surface area contributed by atoms with Gasteiger partial charge in [-0.2, -0.15) is 0 Å². The van der Waals surface area contributed by atoms with Crippen molar-refractivity contribution >= 4 is 29.4 Å². The molecule has 1 aromatic rings. The van der Waals surface area contributed by atoms with Gasteiger partial charge in [0, 0.05) is 0 Å². The minimum atomic E-state index is -0.963. The van der Waals surface area contributed by atoms with Crippen molar-refractivity contribution in [3.63, 3.8) is 0 Å². The highest BCUT2D eigenvalue weighted by atomic mass is 32.1. The summed E-state index contributed by atoms with van der Waals surface area (Å²) in [6, 6.07) is 6.58. The molecule has 0 saturated heterocycles. The number of rotatable bonds is 3. The molecule has 0 bridgehead atoms. The Bertz CT molecular complexity index is 312. The molecule has 0 saturated carbocycles. The van der Waals surface area contributed by atoms with Gasteiger partial charge in [0.15, 0.2) is 0 Å². The van der Waals surface area contributed by atoms with Crippen molar-refractivity contribution in [2.75, 3.05) is 5.32 Å². The lowest BCUT2D eigenvalue weighted by Gasteiger charge is -2.02. The lowest BCUT2D eigenvalue weighted by molar-refractivity contribution is 0.0698. The summed E-state index contributed by atoms with van der Waals surface area (Å²) in [7, 11) is 0. The van der Waals surface area contributed by atoms with Crippen LogP contribution in [0.25, 0.3) is 0 Å². The molecule has 4 heteroatoms. The Morgan fingerprint density at radius 1 is 1.50 bits per heavy atom. The summed E-state index contributed by atoms with van der Waals surface area (Å²) in [6.07, 6.45) is 0. The zero-order valence-corrected chi connectivity index (χ0v) is 6.97. The van der Waals surface area contributed by atoms with E-state index in [4.69, 9.17) is 5.11 Å². The fourth-order valence-corrected chi connectivity index (χ4v) is 0.986. The van der Waals surface area contributed by atoms with Gasteiger partial charge in [-0.05, 0) is 12.1 Å². The molecule has 0 unspecified atom stereocenters. The van der Waals surface area contributed by atoms with Crippen LogP contribution in [-0.4, -0.2) is 16.6 Å². The Labute approximate surface area is 75.0 Å². The van der Waals surface area contributed by atoms with Gasteiger partial charge < -0.3 is 10.4 Å². The molecule has 12 heavy (non-hydrogen) atoms. The van der Waals surface area contributed by atoms with Crippen LogP contribution in [0.3, 0.4) is 0 Å². The van der Waals surface area contributed by atoms with Crippen LogP contribution < -0.4 is 5.32 Å². The smallest absolute Gasteiger partial charge is 0.337 e. The van der Waals surface area contributed by atoms with Crippen LogP contribution >= 0.6 is 12.2 Å². The number of carboxylic acids is 1. The molecule has 0 aliphatic rings. The third kappa shape index (κ3) is 1.79. The molecule has 2 N–H and O–H groups in total. The standard InChI is InChI=1S/C8H7NO2S/c10-8(11)6-3-1-2-4-7(6)9-5-12/h1-5H,(H,9,12)(H,10,11). The summed E-state index contributed by atoms with van der Waals surface area (Å²) in [6.45, 7) is 0. The van der Waals surface area contributed by atoms with Crippen molar-refractivity contribution in [1.29, 1.82) is 0 Å². The molecule has 0 aromatic heterocycles. The first kappa shape index (κ1) is 8.67. The Kier molecular flexibility index (Phi) is 2.76. The summed E-state index contributed by atoms with van der Waals surface area (Å²) in [5, 5.41) is 11.4. The van der Waals surface area contributed by atoms with Crippen LogP contribution in [0.5, 0.6) is 0 Å². The third-order valence-electron chi connectivity index (χ3n) is 1.37. The number of para-hydroxylation sites is 1. The van der Waals surface area contributed by atoms with Gasteiger partial charge in [-0.25, -0.2) is 4.79 Å². The lowest BCUT2D eigenvalue weighted by atomic mass is 10.2. The van der Waals surface area contributed by atoms with Crippen molar-refractivity contribution in [2.45, 2.75) is 0 Å². The summed E-state index contributed by atoms with van der Waals surface area (Å²) in [5.74, 6) is -0.963. The van der Waals surface area contributed by atoms with Crippen molar-refractivity contribution in [1.82, 2.24) is 0 Å². The second kappa shape index (κ2) is 3.82. The number of thiocarbonyl (C=S) groups is 1. The maximum Gasteiger partial charge on any atom is 0.337 e. The van der Waals surface area contributed by atoms with E-state index in [1.54, 1.807) is 18.2 Å². The fourth-order valence-electron chi connectivity index (χ4n) is 0.859. The van der Waals surface area contributed by atoms with E-state index in [-0.39, 0.29) is 5.56 Å². The molecule has 62 valence electrons. The second-order valence-corrected chi connectivity index (χ2v) is 2.35. The molecule has 0 heterocycles. The van der Waals surface area contributed by atoms with Gasteiger partial charge in [0.1, 0.15) is 0 Å². The predicted octanol–water partition coefficient (Wildman–Crippen LogP) is 1.75. The number of hydrogen-bond acceptors (Lipinski definition) is 2. The minimum Gasteiger partial charge on any atom is -0.478 e. The van der Waals surface area contributed by atoms with Gasteiger partial charge in [-0.3, -0.25) is 0 Å². The molecule has 0 aliphatic heterocycles. The lowest BCUT2D eigenvalue weighted by Crippen LogP contribution is -2.03. The highest BCUT2D eigenvalue weighted by molar-refractivity contribution is 7.79. The van der Waals surface area contributed by atoms with Crippen LogP contribution in [0, 0.1) is 0 Å². The highest BCUT2D eigenvalue weighted by Gasteiger charge is 2.06. The van der Waals surface area contributed by atoms with Gasteiger partial charge >= 0.3 is 5.97 Å². The van der Waals surface area contributed by atoms with Crippen molar-refractivity contribution in [3.05, 3.63) is 29.8 Å². The normalized spacial score (nSPS) is 9.00. The Hall–Kier alpha value is -1.42. The van der Waals surface area contributed by atoms with E-state index in [0.717, 1.165) is 0 Å². The Morgan fingerprint density at radius 2 is 2.17 bits per heavy atom. The second-order valence-electron chi connectivity index (χ2n) is 2.11. The van der Waals surface area contributed by atoms with E-state index in [2.05, 4.69) is 17.5 Å². The Morgan fingerprint density at radius 3 is 2.75 bits per heavy atom. The number of nitrogens with one attached hydrogen (secondary N) is 1. The number of carbonyl (C=O) groups is 1. The average molecular weight is 181 g/mol. The van der Waals surface area contributed by atoms with E-state index >= 15 is 0 Å². The molecule has 0 spiro atoms. The molecular weight excluding hydrogens is 174 g/mol. The van der Waals surface area contributed by atoms with Crippen LogP contribution in [0.1, 0.15) is 10.4 Å². The SMILES string of the molecule is O=C(O)c1ccccc1NC=S. The van der Waals surface area contributed by atoms with Crippen LogP contribution in [-0.2, 0) is 0 Å². The van der Waals surface area contributed by atoms with Crippen LogP contribution in [0.4, 0.5) is 5.69 Å². The molecule has 0 aliphatic carbocycles. The summed E-state index contributed by atoms with van der Waals surface area (Å²) in [4.78, 5) is 10.6. The van der Waals surface area contributed by atoms with E-state index in [9.17, 15) is 4.79 Å². The first-order valence-electron chi connectivity index (χ1n) is 3.28. The van der Waals surface area contributed by atoms with E-state index < -0.39 is 5.97 Å². The van der Waals surface area contributed by atoms with Crippen molar-refractivity contribution in [3.8, 4) is 0 Å². The molecule has 0 amide bonds. The van der Waals surface area contributed by atoms with E-state index in [1.165, 1.54) is 11.6 Å². The number of benzene rings is 1. The van der Waals surface area contributed by atoms with Gasteiger partial charge in [0.25, 0.3) is 0 Å². The number of aromatic carboxylic acids is 1. The van der Waals surface area contributed by atoms with Crippen molar-refractivity contribution < 1.29 is 9.90 Å². The molecule has 0 atom stereocenters. The summed E-state index contributed by atoms with van der Waals surface area (Å²) < 4.78 is 0. The van der Waals surface area contributed by atoms with Crippen LogP contribution in [0.2, 0.25) is 0 Å². The quantitative estimate of drug-likeness (QED) is 0.697. The van der Waals surface area contributed by atoms with Gasteiger partial charge in [-0.1, -0.05) is 24.4 Å². The molecular formula is C8H7NO2S. The maximum atomic E-state index is 10.6. The first-order chi connectivity index (χ1) is 5.75. The van der Waals surface area contributed by atoms with Gasteiger partial charge in [0.05, 0.1) is 16.7 Å². The zero-order chi connectivity index (χ0) is 8.97. The third-order valence-corrected chi connectivity index (χ3v) is 1.49. The first-order valence-corrected chi connectivity index (χ1v) is 3.75. The molecule has 1 aromatic carbocycles. The molecule has 3 nitrogen and oxygen atoms in total. The predicted molar refractivity (Wildman–Crippen MR) is 50.7 cm³/mol. The van der Waals surface area contributed by atoms with Gasteiger partial charge in [0.2, 0.25) is 0 Å². The minimum absolute atomic E-state index is 0.221. The van der Waals surface area contributed by atoms with E-state index in [1.807, 2.05) is 0 Å². The highest BCUT2D eigenvalue weighted by Crippen LogP contribution is 2.13. The monoisotopic (exact) mass is 181 g/mol. The molecule has 1 rings (SSSR count). The average Bonchev–Trinajstić information content (AvgIpc) is 2.05. The molecule has 0 fully saturated rings. The summed E-state index contributed by atoms with van der Waals surface area (Å²) >= 11 is 4.55. The van der Waals surface area contributed by atoms with Crippen molar-refractivity contribution in [2.24, 2.45) is 0 Å². The van der Waals surface area contributed by atoms with Crippen LogP contribution in [0.15, 0.2) is 24.3 Å². The Balaban J connectivity index is 3.07. The van der Waals surface area contributed by atoms with Gasteiger partial charge in [-0.15, -0.1) is 0 Å². The molecule has 0 radical (unpaired) electrons. The number of carboxylic acid groups (broad SMARTS) is 1. The maximum absolute atomic E-state index is 10.6.